The highest BCUT2D eigenvalue weighted by molar-refractivity contribution is 6.27. The first-order valence-electron chi connectivity index (χ1n) is 7.89. The molecule has 0 N–H and O–H groups in total. The minimum absolute atomic E-state index is 0.0556. The van der Waals surface area contributed by atoms with Crippen molar-refractivity contribution in [1.29, 1.82) is 0 Å². The van der Waals surface area contributed by atoms with Crippen LogP contribution in [0, 0.1) is 0 Å². The van der Waals surface area contributed by atoms with Gasteiger partial charge in [-0.2, -0.15) is 0 Å². The number of aromatic nitrogens is 1. The normalized spacial score (nSPS) is 22.7. The fourth-order valence-electron chi connectivity index (χ4n) is 3.89. The molecular formula is C19H15NO3. The highest BCUT2D eigenvalue weighted by atomic mass is 16.6. The van der Waals surface area contributed by atoms with Crippen LogP contribution in [-0.2, 0) is 4.74 Å². The Kier molecular flexibility index (Phi) is 2.31. The molecule has 23 heavy (non-hydrogen) atoms. The lowest BCUT2D eigenvalue weighted by molar-refractivity contribution is 0.0923. The second-order valence-electron chi connectivity index (χ2n) is 6.57. The van der Waals surface area contributed by atoms with E-state index in [1.54, 1.807) is 6.07 Å². The monoisotopic (exact) mass is 305 g/mol. The summed E-state index contributed by atoms with van der Waals surface area (Å²) >= 11 is 0. The van der Waals surface area contributed by atoms with Crippen molar-refractivity contribution in [2.45, 2.75) is 32.1 Å². The number of hydrogen-bond donors (Lipinski definition) is 0. The maximum Gasteiger partial charge on any atom is 0.197 e. The molecule has 0 radical (unpaired) electrons. The Balaban J connectivity index is 2.01. The summed E-state index contributed by atoms with van der Waals surface area (Å²) in [4.78, 5) is 25.2. The van der Waals surface area contributed by atoms with Crippen molar-refractivity contribution in [3.63, 3.8) is 0 Å². The summed E-state index contributed by atoms with van der Waals surface area (Å²) in [7, 11) is 0. The fraction of sp³-hybridized carbons (Fsp3) is 0.263. The van der Waals surface area contributed by atoms with Crippen molar-refractivity contribution in [3.05, 3.63) is 47.5 Å². The van der Waals surface area contributed by atoms with Crippen LogP contribution in [0.1, 0.15) is 40.6 Å². The number of carbonyl (C=O) groups is 2. The Morgan fingerprint density at radius 3 is 2.48 bits per heavy atom. The molecular weight excluding hydrogens is 290 g/mol. The standard InChI is InChI=1S/C19H15NO3/c1-9(2)20-13-6-4-3-5-10(13)11-7-8-12-14(15(11)20)17(22)19-18(23-19)16(12)21/h3-9,18-19H,1-2H3. The Bertz CT molecular complexity index is 1030. The minimum atomic E-state index is -0.570. The molecule has 1 aliphatic carbocycles. The fourth-order valence-corrected chi connectivity index (χ4v) is 3.89. The number of ether oxygens (including phenoxy) is 1. The van der Waals surface area contributed by atoms with Crippen LogP contribution in [-0.4, -0.2) is 28.3 Å². The molecule has 1 aliphatic heterocycles. The lowest BCUT2D eigenvalue weighted by atomic mass is 9.88. The summed E-state index contributed by atoms with van der Waals surface area (Å²) in [5.41, 5.74) is 3.00. The van der Waals surface area contributed by atoms with Crippen LogP contribution in [0.3, 0.4) is 0 Å². The molecule has 0 bridgehead atoms. The number of ketones is 2. The van der Waals surface area contributed by atoms with Gasteiger partial charge in [-0.05, 0) is 26.0 Å². The lowest BCUT2D eigenvalue weighted by Crippen LogP contribution is -2.26. The second kappa shape index (κ2) is 4.09. The van der Waals surface area contributed by atoms with E-state index in [1.807, 2.05) is 18.2 Å². The molecule has 0 spiro atoms. The third-order valence-electron chi connectivity index (χ3n) is 4.91. The van der Waals surface area contributed by atoms with Crippen molar-refractivity contribution >= 4 is 33.4 Å². The number of Topliss-reactive ketones (excluding diaryl/α,β-unsaturated/α-hetero) is 2. The first-order chi connectivity index (χ1) is 11.1. The van der Waals surface area contributed by atoms with E-state index in [-0.39, 0.29) is 17.6 Å². The van der Waals surface area contributed by atoms with Crippen molar-refractivity contribution in [3.8, 4) is 0 Å². The summed E-state index contributed by atoms with van der Waals surface area (Å²) in [5, 5.41) is 2.13. The summed E-state index contributed by atoms with van der Waals surface area (Å²) in [6.07, 6.45) is -1.12. The van der Waals surface area contributed by atoms with E-state index >= 15 is 0 Å². The molecule has 4 heteroatoms. The smallest absolute Gasteiger partial charge is 0.197 e. The van der Waals surface area contributed by atoms with Crippen molar-refractivity contribution in [2.24, 2.45) is 0 Å². The van der Waals surface area contributed by atoms with Gasteiger partial charge in [0, 0.05) is 27.9 Å². The number of rotatable bonds is 1. The molecule has 4 nitrogen and oxygen atoms in total. The molecule has 0 saturated carbocycles. The van der Waals surface area contributed by atoms with Gasteiger partial charge in [0.1, 0.15) is 0 Å². The summed E-state index contributed by atoms with van der Waals surface area (Å²) < 4.78 is 7.46. The first-order valence-corrected chi connectivity index (χ1v) is 7.89. The summed E-state index contributed by atoms with van der Waals surface area (Å²) in [6.45, 7) is 4.19. The number of carbonyl (C=O) groups excluding carboxylic acids is 2. The summed E-state index contributed by atoms with van der Waals surface area (Å²) in [5.74, 6) is -0.119. The Labute approximate surface area is 132 Å². The second-order valence-corrected chi connectivity index (χ2v) is 6.57. The number of nitrogens with zero attached hydrogens (tertiary/aromatic N) is 1. The number of benzene rings is 2. The van der Waals surface area contributed by atoms with Gasteiger partial charge in [0.2, 0.25) is 0 Å². The highest BCUT2D eigenvalue weighted by Crippen LogP contribution is 2.42. The number of para-hydroxylation sites is 1. The van der Waals surface area contributed by atoms with Crippen molar-refractivity contribution < 1.29 is 14.3 Å². The third-order valence-corrected chi connectivity index (χ3v) is 4.91. The van der Waals surface area contributed by atoms with Gasteiger partial charge in [-0.25, -0.2) is 0 Å². The van der Waals surface area contributed by atoms with Crippen LogP contribution in [0.5, 0.6) is 0 Å². The number of fused-ring (bicyclic) bond motifs is 6. The van der Waals surface area contributed by atoms with E-state index < -0.39 is 12.2 Å². The maximum atomic E-state index is 12.8. The van der Waals surface area contributed by atoms with Crippen LogP contribution in [0.4, 0.5) is 0 Å². The highest BCUT2D eigenvalue weighted by Gasteiger charge is 2.55. The van der Waals surface area contributed by atoms with E-state index in [2.05, 4.69) is 30.5 Å². The van der Waals surface area contributed by atoms with Crippen LogP contribution < -0.4 is 0 Å². The van der Waals surface area contributed by atoms with Gasteiger partial charge in [-0.15, -0.1) is 0 Å². The zero-order valence-electron chi connectivity index (χ0n) is 12.9. The molecule has 0 amide bonds. The van der Waals surface area contributed by atoms with E-state index in [4.69, 9.17) is 4.74 Å². The molecule has 1 saturated heterocycles. The van der Waals surface area contributed by atoms with Gasteiger partial charge in [-0.3, -0.25) is 9.59 Å². The molecule has 3 aromatic rings. The molecule has 2 unspecified atom stereocenters. The quantitative estimate of drug-likeness (QED) is 0.646. The summed E-state index contributed by atoms with van der Waals surface area (Å²) in [6, 6.07) is 12.1. The Morgan fingerprint density at radius 1 is 0.957 bits per heavy atom. The molecule has 1 fully saturated rings. The Hall–Kier alpha value is -2.46. The van der Waals surface area contributed by atoms with Gasteiger partial charge in [0.15, 0.2) is 23.8 Å². The van der Waals surface area contributed by atoms with Gasteiger partial charge in [0.25, 0.3) is 0 Å². The van der Waals surface area contributed by atoms with Gasteiger partial charge < -0.3 is 9.30 Å². The topological polar surface area (TPSA) is 51.6 Å². The van der Waals surface area contributed by atoms with Crippen LogP contribution in [0.2, 0.25) is 0 Å². The average Bonchev–Trinajstić information content (AvgIpc) is 3.27. The van der Waals surface area contributed by atoms with E-state index in [1.165, 1.54) is 0 Å². The molecule has 114 valence electrons. The minimum Gasteiger partial charge on any atom is -0.352 e. The van der Waals surface area contributed by atoms with Crippen LogP contribution in [0.15, 0.2) is 36.4 Å². The lowest BCUT2D eigenvalue weighted by Gasteiger charge is -2.17. The van der Waals surface area contributed by atoms with Crippen LogP contribution >= 0.6 is 0 Å². The van der Waals surface area contributed by atoms with E-state index in [0.29, 0.717) is 11.1 Å². The number of hydrogen-bond acceptors (Lipinski definition) is 3. The average molecular weight is 305 g/mol. The van der Waals surface area contributed by atoms with Crippen molar-refractivity contribution in [2.75, 3.05) is 0 Å². The zero-order valence-corrected chi connectivity index (χ0v) is 12.9. The van der Waals surface area contributed by atoms with Gasteiger partial charge >= 0.3 is 0 Å². The Morgan fingerprint density at radius 2 is 1.70 bits per heavy atom. The molecule has 2 heterocycles. The molecule has 2 aliphatic rings. The van der Waals surface area contributed by atoms with E-state index in [9.17, 15) is 9.59 Å². The molecule has 2 atom stereocenters. The van der Waals surface area contributed by atoms with Gasteiger partial charge in [-0.1, -0.05) is 24.3 Å². The first kappa shape index (κ1) is 13.0. The zero-order chi connectivity index (χ0) is 15.9. The largest absolute Gasteiger partial charge is 0.352 e. The van der Waals surface area contributed by atoms with E-state index in [0.717, 1.165) is 21.8 Å². The molecule has 5 rings (SSSR count). The maximum absolute atomic E-state index is 12.8. The van der Waals surface area contributed by atoms with Crippen LogP contribution in [0.25, 0.3) is 21.8 Å². The third kappa shape index (κ3) is 1.49. The molecule has 1 aromatic heterocycles. The predicted octanol–water partition coefficient (Wildman–Crippen LogP) is 3.52. The molecule has 2 aromatic carbocycles. The predicted molar refractivity (Wildman–Crippen MR) is 87.2 cm³/mol. The SMILES string of the molecule is CC(C)n1c2ccccc2c2ccc3c(c21)C(=O)C1OC1C3=O. The van der Waals surface area contributed by atoms with Gasteiger partial charge in [0.05, 0.1) is 11.1 Å². The van der Waals surface area contributed by atoms with Crippen molar-refractivity contribution in [1.82, 2.24) is 4.57 Å². The number of epoxide rings is 1.